The van der Waals surface area contributed by atoms with E-state index in [1.165, 1.54) is 11.6 Å². The molecule has 136 valence electrons. The highest BCUT2D eigenvalue weighted by Gasteiger charge is 2.14. The number of aryl methyl sites for hydroxylation is 1. The van der Waals surface area contributed by atoms with Gasteiger partial charge in [-0.3, -0.25) is 4.40 Å². The van der Waals surface area contributed by atoms with Crippen LogP contribution in [-0.4, -0.2) is 15.6 Å². The van der Waals surface area contributed by atoms with Crippen LogP contribution in [0, 0.1) is 12.7 Å². The molecule has 0 atom stereocenters. The van der Waals surface area contributed by atoms with E-state index >= 15 is 0 Å². The molecule has 4 nitrogen and oxygen atoms in total. The van der Waals surface area contributed by atoms with Gasteiger partial charge in [0.15, 0.2) is 4.96 Å². The quantitative estimate of drug-likeness (QED) is 0.318. The van der Waals surface area contributed by atoms with E-state index in [1.807, 2.05) is 47.2 Å². The SMILES string of the molecule is Cc1ccc(-c2nc3sccn3c2/C=N\OCc2c(F)cccc2Cl)cc1. The summed E-state index contributed by atoms with van der Waals surface area (Å²) in [5.41, 5.74) is 4.08. The summed E-state index contributed by atoms with van der Waals surface area (Å²) in [5, 5.41) is 6.29. The van der Waals surface area contributed by atoms with Crippen LogP contribution in [0.5, 0.6) is 0 Å². The number of hydrogen-bond donors (Lipinski definition) is 0. The maximum Gasteiger partial charge on any atom is 0.194 e. The summed E-state index contributed by atoms with van der Waals surface area (Å²) in [7, 11) is 0. The number of thiazole rings is 1. The van der Waals surface area contributed by atoms with Crippen molar-refractivity contribution in [3.63, 3.8) is 0 Å². The molecule has 2 heterocycles. The first-order valence-electron chi connectivity index (χ1n) is 8.24. The molecule has 27 heavy (non-hydrogen) atoms. The summed E-state index contributed by atoms with van der Waals surface area (Å²) in [6.45, 7) is 1.99. The van der Waals surface area contributed by atoms with Gasteiger partial charge in [-0.05, 0) is 19.1 Å². The lowest BCUT2D eigenvalue weighted by molar-refractivity contribution is 0.129. The molecule has 0 fully saturated rings. The van der Waals surface area contributed by atoms with Gasteiger partial charge in [-0.15, -0.1) is 11.3 Å². The Hall–Kier alpha value is -2.70. The minimum Gasteiger partial charge on any atom is -0.391 e. The predicted octanol–water partition coefficient (Wildman–Crippen LogP) is 5.71. The van der Waals surface area contributed by atoms with E-state index < -0.39 is 5.82 Å². The van der Waals surface area contributed by atoms with Crippen LogP contribution >= 0.6 is 22.9 Å². The summed E-state index contributed by atoms with van der Waals surface area (Å²) in [4.78, 5) is 10.9. The minimum atomic E-state index is -0.414. The zero-order chi connectivity index (χ0) is 18.8. The third kappa shape index (κ3) is 3.59. The number of fused-ring (bicyclic) bond motifs is 1. The molecule has 0 aliphatic carbocycles. The summed E-state index contributed by atoms with van der Waals surface area (Å²) >= 11 is 7.55. The van der Waals surface area contributed by atoms with Crippen molar-refractivity contribution in [3.8, 4) is 11.3 Å². The van der Waals surface area contributed by atoms with Gasteiger partial charge in [0.25, 0.3) is 0 Å². The zero-order valence-electron chi connectivity index (χ0n) is 14.4. The fourth-order valence-electron chi connectivity index (χ4n) is 2.71. The van der Waals surface area contributed by atoms with Crippen molar-refractivity contribution in [1.82, 2.24) is 9.38 Å². The van der Waals surface area contributed by atoms with Crippen molar-refractivity contribution in [2.75, 3.05) is 0 Å². The molecule has 4 aromatic rings. The highest BCUT2D eigenvalue weighted by Crippen LogP contribution is 2.26. The lowest BCUT2D eigenvalue weighted by Gasteiger charge is -2.04. The number of rotatable bonds is 5. The molecule has 7 heteroatoms. The van der Waals surface area contributed by atoms with Crippen molar-refractivity contribution in [3.05, 3.63) is 81.7 Å². The molecule has 0 spiro atoms. The fourth-order valence-corrected chi connectivity index (χ4v) is 3.65. The van der Waals surface area contributed by atoms with Gasteiger partial charge in [0, 0.05) is 22.7 Å². The van der Waals surface area contributed by atoms with E-state index in [0.717, 1.165) is 21.9 Å². The Kier molecular flexibility index (Phi) is 4.92. The first-order chi connectivity index (χ1) is 13.1. The first kappa shape index (κ1) is 17.7. The molecule has 0 N–H and O–H groups in total. The van der Waals surface area contributed by atoms with E-state index in [9.17, 15) is 4.39 Å². The van der Waals surface area contributed by atoms with Gasteiger partial charge in [-0.1, -0.05) is 52.7 Å². The fraction of sp³-hybridized carbons (Fsp3) is 0.100. The van der Waals surface area contributed by atoms with Crippen molar-refractivity contribution in [1.29, 1.82) is 0 Å². The van der Waals surface area contributed by atoms with Crippen molar-refractivity contribution < 1.29 is 9.23 Å². The van der Waals surface area contributed by atoms with Gasteiger partial charge in [-0.2, -0.15) is 0 Å². The first-order valence-corrected chi connectivity index (χ1v) is 9.50. The maximum absolute atomic E-state index is 13.8. The number of benzene rings is 2. The molecule has 0 unspecified atom stereocenters. The normalized spacial score (nSPS) is 11.5. The Bertz CT molecular complexity index is 1100. The molecule has 0 radical (unpaired) electrons. The second kappa shape index (κ2) is 7.50. The van der Waals surface area contributed by atoms with Crippen LogP contribution in [0.15, 0.2) is 59.2 Å². The Morgan fingerprint density at radius 3 is 2.85 bits per heavy atom. The van der Waals surface area contributed by atoms with E-state index in [-0.39, 0.29) is 12.2 Å². The number of aromatic nitrogens is 2. The standard InChI is InChI=1S/C20H15ClFN3OS/c1-13-5-7-14(8-6-13)19-18(25-9-10-27-20(25)24-19)11-23-26-12-15-16(21)3-2-4-17(15)22/h2-11H,12H2,1H3/b23-11-. The van der Waals surface area contributed by atoms with Gasteiger partial charge in [-0.25, -0.2) is 9.37 Å². The summed E-state index contributed by atoms with van der Waals surface area (Å²) < 4.78 is 15.8. The van der Waals surface area contributed by atoms with Crippen LogP contribution in [0.3, 0.4) is 0 Å². The Morgan fingerprint density at radius 1 is 1.26 bits per heavy atom. The molecular formula is C20H15ClFN3OS. The molecule has 0 bridgehead atoms. The molecule has 0 saturated heterocycles. The van der Waals surface area contributed by atoms with Crippen LogP contribution < -0.4 is 0 Å². The van der Waals surface area contributed by atoms with E-state index in [1.54, 1.807) is 29.7 Å². The summed E-state index contributed by atoms with van der Waals surface area (Å²) in [5.74, 6) is -0.414. The monoisotopic (exact) mass is 399 g/mol. The van der Waals surface area contributed by atoms with Gasteiger partial charge in [0.1, 0.15) is 12.4 Å². The molecule has 0 saturated carbocycles. The van der Waals surface area contributed by atoms with Crippen LogP contribution in [-0.2, 0) is 11.4 Å². The third-order valence-corrected chi connectivity index (χ3v) is 5.25. The van der Waals surface area contributed by atoms with Crippen LogP contribution in [0.1, 0.15) is 16.8 Å². The van der Waals surface area contributed by atoms with Crippen molar-refractivity contribution in [2.45, 2.75) is 13.5 Å². The maximum atomic E-state index is 13.8. The summed E-state index contributed by atoms with van der Waals surface area (Å²) in [6, 6.07) is 12.7. The number of oxime groups is 1. The molecule has 0 aliphatic heterocycles. The number of imidazole rings is 1. The van der Waals surface area contributed by atoms with Gasteiger partial charge in [0.2, 0.25) is 0 Å². The van der Waals surface area contributed by atoms with Crippen LogP contribution in [0.2, 0.25) is 5.02 Å². The van der Waals surface area contributed by atoms with Crippen LogP contribution in [0.4, 0.5) is 4.39 Å². The molecule has 2 aromatic carbocycles. The van der Waals surface area contributed by atoms with Crippen LogP contribution in [0.25, 0.3) is 16.2 Å². The Balaban J connectivity index is 1.61. The predicted molar refractivity (Wildman–Crippen MR) is 107 cm³/mol. The largest absolute Gasteiger partial charge is 0.391 e. The molecule has 0 amide bonds. The van der Waals surface area contributed by atoms with Gasteiger partial charge >= 0.3 is 0 Å². The summed E-state index contributed by atoms with van der Waals surface area (Å²) in [6.07, 6.45) is 3.52. The Labute approximate surface area is 164 Å². The Morgan fingerprint density at radius 2 is 2.07 bits per heavy atom. The number of hydrogen-bond acceptors (Lipinski definition) is 4. The van der Waals surface area contributed by atoms with Crippen molar-refractivity contribution in [2.24, 2.45) is 5.16 Å². The lowest BCUT2D eigenvalue weighted by Crippen LogP contribution is -1.96. The zero-order valence-corrected chi connectivity index (χ0v) is 16.0. The second-order valence-electron chi connectivity index (χ2n) is 5.98. The molecule has 4 rings (SSSR count). The van der Waals surface area contributed by atoms with Gasteiger partial charge in [0.05, 0.1) is 22.6 Å². The number of halogens is 2. The minimum absolute atomic E-state index is 0.0482. The number of nitrogens with zero attached hydrogens (tertiary/aromatic N) is 3. The highest BCUT2D eigenvalue weighted by atomic mass is 35.5. The average Bonchev–Trinajstić information content (AvgIpc) is 3.23. The van der Waals surface area contributed by atoms with E-state index in [0.29, 0.717) is 5.02 Å². The third-order valence-electron chi connectivity index (χ3n) is 4.14. The smallest absolute Gasteiger partial charge is 0.194 e. The lowest BCUT2D eigenvalue weighted by atomic mass is 10.1. The highest BCUT2D eigenvalue weighted by molar-refractivity contribution is 7.15. The topological polar surface area (TPSA) is 38.9 Å². The average molecular weight is 400 g/mol. The van der Waals surface area contributed by atoms with E-state index in [2.05, 4.69) is 5.16 Å². The second-order valence-corrected chi connectivity index (χ2v) is 7.26. The molecular weight excluding hydrogens is 385 g/mol. The van der Waals surface area contributed by atoms with Gasteiger partial charge < -0.3 is 4.84 Å². The molecule has 2 aromatic heterocycles. The molecule has 0 aliphatic rings. The van der Waals surface area contributed by atoms with E-state index in [4.69, 9.17) is 21.4 Å². The van der Waals surface area contributed by atoms with Crippen molar-refractivity contribution >= 4 is 34.1 Å².